The van der Waals surface area contributed by atoms with Crippen LogP contribution in [-0.2, 0) is 14.1 Å². The van der Waals surface area contributed by atoms with Crippen LogP contribution < -0.4 is 16.9 Å². The number of nitrogens with zero attached hydrogens (tertiary/aromatic N) is 3. The van der Waals surface area contributed by atoms with Crippen LogP contribution in [0.15, 0.2) is 67.3 Å². The van der Waals surface area contributed by atoms with Crippen molar-refractivity contribution in [1.82, 2.24) is 14.1 Å². The van der Waals surface area contributed by atoms with E-state index in [2.05, 4.69) is 4.98 Å². The van der Waals surface area contributed by atoms with Gasteiger partial charge in [-0.2, -0.15) is 0 Å². The van der Waals surface area contributed by atoms with Crippen LogP contribution in [0.2, 0.25) is 5.02 Å². The summed E-state index contributed by atoms with van der Waals surface area (Å²) in [5.74, 6) is 0. The summed E-state index contributed by atoms with van der Waals surface area (Å²) in [6.45, 7) is 0. The van der Waals surface area contributed by atoms with E-state index < -0.39 is 16.9 Å². The van der Waals surface area contributed by atoms with Crippen LogP contribution >= 0.6 is 11.6 Å². The average Bonchev–Trinajstić information content (AvgIpc) is 2.75. The molecule has 2 aromatic carbocycles. The Bertz CT molecular complexity index is 1680. The number of aryl methyl sites for hydroxylation is 1. The molecule has 3 aromatic heterocycles. The summed E-state index contributed by atoms with van der Waals surface area (Å²) in [4.78, 5) is 43.3. The van der Waals surface area contributed by atoms with E-state index in [1.165, 1.54) is 11.6 Å². The fourth-order valence-corrected chi connectivity index (χ4v) is 3.92. The van der Waals surface area contributed by atoms with Crippen LogP contribution in [0.25, 0.3) is 44.0 Å². The van der Waals surface area contributed by atoms with Crippen molar-refractivity contribution < 1.29 is 4.42 Å². The fraction of sp³-hybridized carbons (Fsp3) is 0.0909. The number of hydrogen-bond acceptors (Lipinski definition) is 5. The van der Waals surface area contributed by atoms with Gasteiger partial charge in [0.25, 0.3) is 5.56 Å². The molecule has 0 aliphatic rings. The molecule has 0 amide bonds. The normalized spacial score (nSPS) is 11.6. The molecule has 7 nitrogen and oxygen atoms in total. The van der Waals surface area contributed by atoms with Gasteiger partial charge >= 0.3 is 11.3 Å². The number of pyridine rings is 1. The van der Waals surface area contributed by atoms with Crippen molar-refractivity contribution in [3.63, 3.8) is 0 Å². The first-order chi connectivity index (χ1) is 14.4. The van der Waals surface area contributed by atoms with Crippen molar-refractivity contribution in [2.45, 2.75) is 0 Å². The first kappa shape index (κ1) is 18.3. The van der Waals surface area contributed by atoms with Crippen molar-refractivity contribution in [3.05, 3.63) is 84.8 Å². The molecule has 5 aromatic rings. The van der Waals surface area contributed by atoms with Gasteiger partial charge in [-0.25, -0.2) is 14.6 Å². The lowest BCUT2D eigenvalue weighted by molar-refractivity contribution is 0.569. The minimum Gasteiger partial charge on any atom is -0.422 e. The maximum atomic E-state index is 13.1. The summed E-state index contributed by atoms with van der Waals surface area (Å²) in [5.41, 5.74) is 0.224. The van der Waals surface area contributed by atoms with Crippen LogP contribution in [0.1, 0.15) is 0 Å². The maximum absolute atomic E-state index is 13.1. The molecule has 0 atom stereocenters. The van der Waals surface area contributed by atoms with Crippen LogP contribution in [0.5, 0.6) is 0 Å². The lowest BCUT2D eigenvalue weighted by Crippen LogP contribution is -2.37. The molecule has 0 aliphatic carbocycles. The Hall–Kier alpha value is -3.71. The van der Waals surface area contributed by atoms with E-state index in [9.17, 15) is 14.4 Å². The molecule has 0 spiro atoms. The van der Waals surface area contributed by atoms with Gasteiger partial charge in [-0.05, 0) is 29.8 Å². The van der Waals surface area contributed by atoms with E-state index >= 15 is 0 Å². The highest BCUT2D eigenvalue weighted by Gasteiger charge is 2.22. The molecule has 30 heavy (non-hydrogen) atoms. The van der Waals surface area contributed by atoms with E-state index in [4.69, 9.17) is 16.0 Å². The summed E-state index contributed by atoms with van der Waals surface area (Å²) in [6.07, 6.45) is 0. The lowest BCUT2D eigenvalue weighted by atomic mass is 9.98. The molecule has 0 unspecified atom stereocenters. The van der Waals surface area contributed by atoms with Crippen molar-refractivity contribution in [2.75, 3.05) is 0 Å². The summed E-state index contributed by atoms with van der Waals surface area (Å²) in [5, 5.41) is 1.47. The Morgan fingerprint density at radius 1 is 0.900 bits per heavy atom. The van der Waals surface area contributed by atoms with Gasteiger partial charge in [-0.1, -0.05) is 35.9 Å². The topological polar surface area (TPSA) is 87.1 Å². The van der Waals surface area contributed by atoms with Gasteiger partial charge < -0.3 is 4.42 Å². The predicted octanol–water partition coefficient (Wildman–Crippen LogP) is 3.21. The molecule has 3 heterocycles. The van der Waals surface area contributed by atoms with E-state index in [-0.39, 0.29) is 16.4 Å². The summed E-state index contributed by atoms with van der Waals surface area (Å²) in [6, 6.07) is 13.8. The second-order valence-corrected chi connectivity index (χ2v) is 7.44. The third kappa shape index (κ3) is 2.45. The highest BCUT2D eigenvalue weighted by Crippen LogP contribution is 2.34. The van der Waals surface area contributed by atoms with Gasteiger partial charge in [0.15, 0.2) is 5.65 Å². The monoisotopic (exact) mass is 419 g/mol. The molecule has 8 heteroatoms. The van der Waals surface area contributed by atoms with Gasteiger partial charge in [0.2, 0.25) is 0 Å². The lowest BCUT2D eigenvalue weighted by Gasteiger charge is -2.14. The number of para-hydroxylation sites is 1. The predicted molar refractivity (Wildman–Crippen MR) is 116 cm³/mol. The van der Waals surface area contributed by atoms with Crippen LogP contribution in [0, 0.1) is 0 Å². The fourth-order valence-electron chi connectivity index (χ4n) is 3.79. The van der Waals surface area contributed by atoms with Crippen molar-refractivity contribution in [2.24, 2.45) is 14.1 Å². The molecule has 0 saturated carbocycles. The minimum atomic E-state index is -0.612. The Kier molecular flexibility index (Phi) is 3.91. The molecule has 148 valence electrons. The molecule has 0 radical (unpaired) electrons. The van der Waals surface area contributed by atoms with Crippen molar-refractivity contribution >= 4 is 44.5 Å². The number of aromatic nitrogens is 3. The molecule has 0 bridgehead atoms. The van der Waals surface area contributed by atoms with Crippen LogP contribution in [-0.4, -0.2) is 14.1 Å². The summed E-state index contributed by atoms with van der Waals surface area (Å²) < 4.78 is 7.84. The van der Waals surface area contributed by atoms with E-state index in [1.54, 1.807) is 55.6 Å². The van der Waals surface area contributed by atoms with Gasteiger partial charge in [0, 0.05) is 30.1 Å². The van der Waals surface area contributed by atoms with Crippen molar-refractivity contribution in [1.29, 1.82) is 0 Å². The van der Waals surface area contributed by atoms with Gasteiger partial charge in [0.05, 0.1) is 16.3 Å². The quantitative estimate of drug-likeness (QED) is 0.236. The molecule has 0 saturated heterocycles. The Morgan fingerprint density at radius 3 is 2.33 bits per heavy atom. The smallest absolute Gasteiger partial charge is 0.346 e. The summed E-state index contributed by atoms with van der Waals surface area (Å²) >= 11 is 6.04. The van der Waals surface area contributed by atoms with Gasteiger partial charge in [0.1, 0.15) is 5.58 Å². The molecule has 0 aliphatic heterocycles. The average molecular weight is 420 g/mol. The van der Waals surface area contributed by atoms with E-state index in [1.807, 2.05) is 0 Å². The Morgan fingerprint density at radius 2 is 1.60 bits per heavy atom. The molecule has 0 N–H and O–H groups in total. The SMILES string of the molecule is Cn1c(=O)c2c(-c3ccc(Cl)cc3)c3c(=O)oc4ccccc4c3nc2n(C)c1=O. The van der Waals surface area contributed by atoms with E-state index in [0.29, 0.717) is 32.6 Å². The number of halogens is 1. The summed E-state index contributed by atoms with van der Waals surface area (Å²) in [7, 11) is 2.94. The Balaban J connectivity index is 2.19. The standard InChI is InChI=1S/C22H14ClN3O4/c1-25-19-17(20(27)26(2)22(25)29)15(11-7-9-12(23)10-8-11)16-18(24-19)13-5-3-4-6-14(13)30-21(16)28/h3-10H,1-2H3. The number of hydrogen-bond donors (Lipinski definition) is 0. The third-order valence-electron chi connectivity index (χ3n) is 5.27. The highest BCUT2D eigenvalue weighted by molar-refractivity contribution is 6.30. The second kappa shape index (κ2) is 6.40. The number of fused-ring (bicyclic) bond motifs is 4. The molecular weight excluding hydrogens is 406 g/mol. The molecular formula is C22H14ClN3O4. The highest BCUT2D eigenvalue weighted by atomic mass is 35.5. The van der Waals surface area contributed by atoms with E-state index in [0.717, 1.165) is 4.57 Å². The zero-order chi connectivity index (χ0) is 21.2. The first-order valence-corrected chi connectivity index (χ1v) is 9.47. The van der Waals surface area contributed by atoms with Crippen molar-refractivity contribution in [3.8, 4) is 11.1 Å². The zero-order valence-corrected chi connectivity index (χ0v) is 16.7. The maximum Gasteiger partial charge on any atom is 0.346 e. The minimum absolute atomic E-state index is 0.164. The number of benzene rings is 2. The second-order valence-electron chi connectivity index (χ2n) is 7.01. The largest absolute Gasteiger partial charge is 0.422 e. The molecule has 0 fully saturated rings. The zero-order valence-electron chi connectivity index (χ0n) is 16.0. The first-order valence-electron chi connectivity index (χ1n) is 9.09. The third-order valence-corrected chi connectivity index (χ3v) is 5.52. The van der Waals surface area contributed by atoms with Crippen LogP contribution in [0.3, 0.4) is 0 Å². The van der Waals surface area contributed by atoms with Gasteiger partial charge in [-0.15, -0.1) is 0 Å². The van der Waals surface area contributed by atoms with Gasteiger partial charge in [-0.3, -0.25) is 13.9 Å². The van der Waals surface area contributed by atoms with Crippen LogP contribution in [0.4, 0.5) is 0 Å². The molecule has 5 rings (SSSR count). The Labute approximate surface area is 173 Å². The number of rotatable bonds is 1.